The predicted molar refractivity (Wildman–Crippen MR) is 82.9 cm³/mol. The third-order valence-electron chi connectivity index (χ3n) is 3.53. The van der Waals surface area contributed by atoms with E-state index in [1.807, 2.05) is 13.0 Å². The Morgan fingerprint density at radius 2 is 2.35 bits per heavy atom. The number of carbonyl (C=O) groups excluding carboxylic acids is 1. The summed E-state index contributed by atoms with van der Waals surface area (Å²) >= 11 is 3.60. The quantitative estimate of drug-likeness (QED) is 0.885. The smallest absolute Gasteiger partial charge is 0.407 e. The number of ether oxygens (including phenoxy) is 1. The maximum absolute atomic E-state index is 11.2. The van der Waals surface area contributed by atoms with Gasteiger partial charge in [-0.1, -0.05) is 6.07 Å². The van der Waals surface area contributed by atoms with Crippen molar-refractivity contribution in [3.63, 3.8) is 0 Å². The number of nitrogens with zero attached hydrogens (tertiary/aromatic N) is 1. The fraction of sp³-hybridized carbons (Fsp3) is 0.500. The van der Waals surface area contributed by atoms with E-state index < -0.39 is 0 Å². The Balaban J connectivity index is 2.04. The highest BCUT2D eigenvalue weighted by Gasteiger charge is 2.25. The van der Waals surface area contributed by atoms with Gasteiger partial charge in [-0.15, -0.1) is 0 Å². The molecule has 2 rings (SSSR count). The normalized spacial score (nSPS) is 19.8. The summed E-state index contributed by atoms with van der Waals surface area (Å²) in [6.07, 6.45) is 0.541. The van der Waals surface area contributed by atoms with Gasteiger partial charge >= 0.3 is 6.09 Å². The van der Waals surface area contributed by atoms with Gasteiger partial charge in [0.1, 0.15) is 0 Å². The summed E-state index contributed by atoms with van der Waals surface area (Å²) in [5.74, 6) is 0. The van der Waals surface area contributed by atoms with Crippen LogP contribution in [0.25, 0.3) is 0 Å². The van der Waals surface area contributed by atoms with Crippen LogP contribution in [0.5, 0.6) is 0 Å². The number of benzene rings is 1. The first-order valence-corrected chi connectivity index (χ1v) is 7.45. The van der Waals surface area contributed by atoms with Gasteiger partial charge in [0.15, 0.2) is 0 Å². The minimum absolute atomic E-state index is 0.0210. The van der Waals surface area contributed by atoms with Crippen molar-refractivity contribution in [2.24, 2.45) is 5.73 Å². The van der Waals surface area contributed by atoms with E-state index in [1.165, 1.54) is 7.11 Å². The van der Waals surface area contributed by atoms with Crippen molar-refractivity contribution in [2.45, 2.75) is 25.4 Å². The second-order valence-corrected chi connectivity index (χ2v) is 5.92. The van der Waals surface area contributed by atoms with E-state index in [0.29, 0.717) is 0 Å². The summed E-state index contributed by atoms with van der Waals surface area (Å²) in [6, 6.07) is 6.33. The van der Waals surface area contributed by atoms with Gasteiger partial charge in [0, 0.05) is 23.6 Å². The summed E-state index contributed by atoms with van der Waals surface area (Å²) in [5, 5.41) is 2.84. The Kier molecular flexibility index (Phi) is 4.88. The van der Waals surface area contributed by atoms with E-state index in [-0.39, 0.29) is 18.2 Å². The van der Waals surface area contributed by atoms with Crippen molar-refractivity contribution in [2.75, 3.05) is 25.1 Å². The largest absolute Gasteiger partial charge is 0.453 e. The molecule has 3 N–H and O–H groups in total. The number of anilines is 1. The molecule has 1 heterocycles. The number of halogens is 1. The molecule has 0 saturated carbocycles. The molecule has 6 heteroatoms. The number of nitrogens with one attached hydrogen (secondary N) is 1. The molecule has 0 radical (unpaired) electrons. The second kappa shape index (κ2) is 6.45. The van der Waals surface area contributed by atoms with Crippen LogP contribution in [-0.4, -0.2) is 32.3 Å². The highest BCUT2D eigenvalue weighted by Crippen LogP contribution is 2.31. The van der Waals surface area contributed by atoms with E-state index in [0.717, 1.165) is 35.2 Å². The number of nitrogens with two attached hydrogens (primary N) is 1. The molecule has 0 bridgehead atoms. The van der Waals surface area contributed by atoms with Gasteiger partial charge < -0.3 is 20.7 Å². The number of carbonyl (C=O) groups is 1. The molecule has 1 fully saturated rings. The van der Waals surface area contributed by atoms with E-state index in [4.69, 9.17) is 5.73 Å². The fourth-order valence-electron chi connectivity index (χ4n) is 2.39. The third-order valence-corrected chi connectivity index (χ3v) is 4.17. The Labute approximate surface area is 127 Å². The molecule has 20 heavy (non-hydrogen) atoms. The molecular formula is C14H20BrN3O2. The zero-order valence-corrected chi connectivity index (χ0v) is 13.3. The highest BCUT2D eigenvalue weighted by molar-refractivity contribution is 9.10. The summed E-state index contributed by atoms with van der Waals surface area (Å²) < 4.78 is 5.66. The fourth-order valence-corrected chi connectivity index (χ4v) is 3.03. The number of hydrogen-bond donors (Lipinski definition) is 2. The number of rotatable bonds is 3. The Morgan fingerprint density at radius 1 is 1.60 bits per heavy atom. The molecule has 110 valence electrons. The van der Waals surface area contributed by atoms with Crippen LogP contribution in [0, 0.1) is 0 Å². The molecule has 2 atom stereocenters. The lowest BCUT2D eigenvalue weighted by Crippen LogP contribution is -2.37. The zero-order chi connectivity index (χ0) is 14.7. The minimum Gasteiger partial charge on any atom is -0.453 e. The lowest BCUT2D eigenvalue weighted by Gasteiger charge is -2.21. The summed E-state index contributed by atoms with van der Waals surface area (Å²) in [5.41, 5.74) is 8.11. The summed E-state index contributed by atoms with van der Waals surface area (Å²) in [6.45, 7) is 3.66. The van der Waals surface area contributed by atoms with Crippen LogP contribution in [0.2, 0.25) is 0 Å². The Bertz CT molecular complexity index is 493. The molecule has 1 amide bonds. The van der Waals surface area contributed by atoms with Crippen molar-refractivity contribution in [1.29, 1.82) is 0 Å². The van der Waals surface area contributed by atoms with Crippen molar-refractivity contribution in [1.82, 2.24) is 5.32 Å². The van der Waals surface area contributed by atoms with E-state index >= 15 is 0 Å². The molecule has 0 aromatic heterocycles. The predicted octanol–water partition coefficient (Wildman–Crippen LogP) is 2.40. The van der Waals surface area contributed by atoms with Gasteiger partial charge in [-0.3, -0.25) is 0 Å². The van der Waals surface area contributed by atoms with Crippen LogP contribution in [0.4, 0.5) is 10.5 Å². The molecule has 1 aliphatic rings. The molecule has 0 spiro atoms. The maximum Gasteiger partial charge on any atom is 0.407 e. The van der Waals surface area contributed by atoms with Crippen LogP contribution in [0.15, 0.2) is 22.7 Å². The lowest BCUT2D eigenvalue weighted by molar-refractivity contribution is 0.167. The molecular weight excluding hydrogens is 322 g/mol. The number of amides is 1. The maximum atomic E-state index is 11.2. The van der Waals surface area contributed by atoms with Gasteiger partial charge in [0.25, 0.3) is 0 Å². The SMILES string of the molecule is COC(=O)NC1CCN(c2ccc([C@H](C)N)cc2Br)C1. The molecule has 1 saturated heterocycles. The van der Waals surface area contributed by atoms with Gasteiger partial charge in [-0.2, -0.15) is 0 Å². The number of methoxy groups -OCH3 is 1. The topological polar surface area (TPSA) is 67.6 Å². The number of hydrogen-bond acceptors (Lipinski definition) is 4. The van der Waals surface area contributed by atoms with Gasteiger partial charge in [-0.05, 0) is 47.0 Å². The molecule has 0 aliphatic carbocycles. The van der Waals surface area contributed by atoms with Crippen molar-refractivity contribution < 1.29 is 9.53 Å². The third kappa shape index (κ3) is 3.43. The number of alkyl carbamates (subject to hydrolysis) is 1. The monoisotopic (exact) mass is 341 g/mol. The summed E-state index contributed by atoms with van der Waals surface area (Å²) in [7, 11) is 1.38. The van der Waals surface area contributed by atoms with Crippen molar-refractivity contribution >= 4 is 27.7 Å². The van der Waals surface area contributed by atoms with Crippen molar-refractivity contribution in [3.05, 3.63) is 28.2 Å². The molecule has 5 nitrogen and oxygen atoms in total. The highest BCUT2D eigenvalue weighted by atomic mass is 79.9. The van der Waals surface area contributed by atoms with Crippen LogP contribution in [0.3, 0.4) is 0 Å². The van der Waals surface area contributed by atoms with Crippen LogP contribution in [0.1, 0.15) is 24.9 Å². The lowest BCUT2D eigenvalue weighted by atomic mass is 10.1. The average Bonchev–Trinajstić information content (AvgIpc) is 2.86. The van der Waals surface area contributed by atoms with Crippen molar-refractivity contribution in [3.8, 4) is 0 Å². The molecule has 1 aliphatic heterocycles. The van der Waals surface area contributed by atoms with E-state index in [9.17, 15) is 4.79 Å². The van der Waals surface area contributed by atoms with Gasteiger partial charge in [-0.25, -0.2) is 4.79 Å². The molecule has 1 unspecified atom stereocenters. The van der Waals surface area contributed by atoms with Crippen LogP contribution < -0.4 is 16.0 Å². The average molecular weight is 342 g/mol. The van der Waals surface area contributed by atoms with E-state index in [1.54, 1.807) is 0 Å². The first kappa shape index (κ1) is 15.1. The first-order chi connectivity index (χ1) is 9.51. The van der Waals surface area contributed by atoms with E-state index in [2.05, 4.69) is 43.0 Å². The van der Waals surface area contributed by atoms with Gasteiger partial charge in [0.2, 0.25) is 0 Å². The summed E-state index contributed by atoms with van der Waals surface area (Å²) in [4.78, 5) is 13.5. The minimum atomic E-state index is -0.372. The standard InChI is InChI=1S/C14H20BrN3O2/c1-9(16)10-3-4-13(12(15)7-10)18-6-5-11(8-18)17-14(19)20-2/h3-4,7,9,11H,5-6,8,16H2,1-2H3,(H,17,19)/t9-,11?/m0/s1. The van der Waals surface area contributed by atoms with Gasteiger partial charge in [0.05, 0.1) is 18.8 Å². The molecule has 1 aromatic rings. The van der Waals surface area contributed by atoms with Crippen LogP contribution in [-0.2, 0) is 4.74 Å². The first-order valence-electron chi connectivity index (χ1n) is 6.65. The Morgan fingerprint density at radius 3 is 2.95 bits per heavy atom. The molecule has 1 aromatic carbocycles. The van der Waals surface area contributed by atoms with Crippen LogP contribution >= 0.6 is 15.9 Å². The Hall–Kier alpha value is -1.27. The zero-order valence-electron chi connectivity index (χ0n) is 11.7. The second-order valence-electron chi connectivity index (χ2n) is 5.07.